The van der Waals surface area contributed by atoms with Crippen LogP contribution in [0.4, 0.5) is 11.6 Å². The molecule has 6 heterocycles. The van der Waals surface area contributed by atoms with E-state index in [-0.39, 0.29) is 5.82 Å². The topological polar surface area (TPSA) is 126 Å². The van der Waals surface area contributed by atoms with E-state index in [4.69, 9.17) is 15.5 Å². The van der Waals surface area contributed by atoms with Crippen molar-refractivity contribution in [3.63, 3.8) is 0 Å². The van der Waals surface area contributed by atoms with Crippen molar-refractivity contribution in [2.75, 3.05) is 43.9 Å². The number of nitrogens with zero attached hydrogens (tertiary/aromatic N) is 9. The minimum atomic E-state index is 0.200. The highest BCUT2D eigenvalue weighted by Gasteiger charge is 2.21. The van der Waals surface area contributed by atoms with Gasteiger partial charge in [-0.1, -0.05) is 6.07 Å². The molecule has 11 heteroatoms. The summed E-state index contributed by atoms with van der Waals surface area (Å²) >= 11 is 0. The van der Waals surface area contributed by atoms with E-state index in [0.717, 1.165) is 66.6 Å². The third kappa shape index (κ3) is 4.69. The zero-order valence-electron chi connectivity index (χ0n) is 22.7. The largest absolute Gasteiger partial charge is 0.481 e. The van der Waals surface area contributed by atoms with Crippen molar-refractivity contribution < 1.29 is 4.74 Å². The van der Waals surface area contributed by atoms with Crippen molar-refractivity contribution in [3.8, 4) is 34.3 Å². The van der Waals surface area contributed by atoms with Crippen molar-refractivity contribution in [1.82, 2.24) is 34.3 Å². The molecule has 1 aliphatic rings. The van der Waals surface area contributed by atoms with Gasteiger partial charge in [0.15, 0.2) is 5.82 Å². The lowest BCUT2D eigenvalue weighted by Crippen LogP contribution is -2.46. The number of nitrogen functional groups attached to an aromatic ring is 1. The highest BCUT2D eigenvalue weighted by atomic mass is 16.5. The molecule has 2 N–H and O–H groups in total. The molecule has 1 fully saturated rings. The van der Waals surface area contributed by atoms with Crippen LogP contribution < -0.4 is 15.4 Å². The van der Waals surface area contributed by atoms with E-state index in [9.17, 15) is 5.26 Å². The molecule has 0 unspecified atom stereocenters. The smallest absolute Gasteiger partial charge is 0.212 e. The highest BCUT2D eigenvalue weighted by Crippen LogP contribution is 2.34. The summed E-state index contributed by atoms with van der Waals surface area (Å²) in [5.74, 6) is 1.75. The number of aryl methyl sites for hydroxylation is 2. The van der Waals surface area contributed by atoms with Gasteiger partial charge >= 0.3 is 0 Å². The second kappa shape index (κ2) is 10.3. The van der Waals surface area contributed by atoms with Crippen LogP contribution in [0.1, 0.15) is 16.8 Å². The summed E-state index contributed by atoms with van der Waals surface area (Å²) in [6, 6.07) is 14.3. The Morgan fingerprint density at radius 1 is 1.00 bits per heavy atom. The second-order valence-corrected chi connectivity index (χ2v) is 9.98. The first-order valence-electron chi connectivity index (χ1n) is 13.1. The Morgan fingerprint density at radius 2 is 1.82 bits per heavy atom. The van der Waals surface area contributed by atoms with Gasteiger partial charge in [-0.05, 0) is 36.8 Å². The zero-order valence-corrected chi connectivity index (χ0v) is 22.7. The van der Waals surface area contributed by atoms with Gasteiger partial charge in [0, 0.05) is 86.8 Å². The van der Waals surface area contributed by atoms with Gasteiger partial charge < -0.3 is 15.4 Å². The monoisotopic (exact) mass is 534 g/mol. The minimum Gasteiger partial charge on any atom is -0.481 e. The Kier molecular flexibility index (Phi) is 6.53. The lowest BCUT2D eigenvalue weighted by Gasteiger charge is -2.35. The van der Waals surface area contributed by atoms with Crippen LogP contribution in [0.25, 0.3) is 27.9 Å². The Morgan fingerprint density at radius 3 is 2.45 bits per heavy atom. The fraction of sp³-hybridized carbons (Fsp3) is 0.276. The summed E-state index contributed by atoms with van der Waals surface area (Å²) in [4.78, 5) is 13.8. The maximum atomic E-state index is 9.82. The van der Waals surface area contributed by atoms with Crippen LogP contribution in [-0.4, -0.2) is 67.6 Å². The molecule has 1 aliphatic heterocycles. The van der Waals surface area contributed by atoms with Gasteiger partial charge in [0.05, 0.1) is 18.3 Å². The number of fused-ring (bicyclic) bond motifs is 1. The van der Waals surface area contributed by atoms with Crippen LogP contribution in [-0.2, 0) is 13.6 Å². The lowest BCUT2D eigenvalue weighted by atomic mass is 10.0. The van der Waals surface area contributed by atoms with E-state index >= 15 is 0 Å². The molecule has 0 aromatic carbocycles. The maximum absolute atomic E-state index is 9.82. The average molecular weight is 535 g/mol. The number of rotatable bonds is 6. The van der Waals surface area contributed by atoms with Gasteiger partial charge in [-0.3, -0.25) is 9.58 Å². The van der Waals surface area contributed by atoms with Gasteiger partial charge in [0.2, 0.25) is 5.88 Å². The summed E-state index contributed by atoms with van der Waals surface area (Å²) in [6.07, 6.45) is 5.59. The van der Waals surface area contributed by atoms with Crippen molar-refractivity contribution in [2.24, 2.45) is 7.05 Å². The number of pyridine rings is 3. The lowest BCUT2D eigenvalue weighted by molar-refractivity contribution is 0.249. The van der Waals surface area contributed by atoms with Crippen molar-refractivity contribution in [2.45, 2.75) is 13.5 Å². The van der Waals surface area contributed by atoms with Gasteiger partial charge in [-0.25, -0.2) is 14.5 Å². The van der Waals surface area contributed by atoms with Crippen LogP contribution in [0.3, 0.4) is 0 Å². The number of ether oxygens (including phenoxy) is 1. The molecule has 0 spiro atoms. The fourth-order valence-electron chi connectivity index (χ4n) is 5.12. The van der Waals surface area contributed by atoms with E-state index in [1.165, 1.54) is 5.56 Å². The summed E-state index contributed by atoms with van der Waals surface area (Å²) in [7, 11) is 3.54. The predicted molar refractivity (Wildman–Crippen MR) is 153 cm³/mol. The molecule has 0 atom stereocenters. The van der Waals surface area contributed by atoms with Crippen LogP contribution in [0.2, 0.25) is 0 Å². The van der Waals surface area contributed by atoms with Gasteiger partial charge in [0.25, 0.3) is 0 Å². The highest BCUT2D eigenvalue weighted by molar-refractivity contribution is 5.89. The number of hydrogen-bond acceptors (Lipinski definition) is 9. The molecule has 0 saturated carbocycles. The van der Waals surface area contributed by atoms with Crippen molar-refractivity contribution >= 4 is 17.2 Å². The van der Waals surface area contributed by atoms with Crippen LogP contribution in [0.5, 0.6) is 5.88 Å². The molecule has 40 heavy (non-hydrogen) atoms. The molecule has 6 rings (SSSR count). The molecule has 0 aliphatic carbocycles. The first-order valence-corrected chi connectivity index (χ1v) is 13.1. The SMILES string of the molecule is COc1ccc(CN2CCN(c3ccc(-c4cc(-c5cc(C)n(C)n5)cn5nc(N)c(C#N)c45)cn3)CC2)cn1. The van der Waals surface area contributed by atoms with Crippen LogP contribution in [0.15, 0.2) is 55.0 Å². The third-order valence-corrected chi connectivity index (χ3v) is 7.44. The normalized spacial score (nSPS) is 14.0. The molecular formula is C29H30N10O. The summed E-state index contributed by atoms with van der Waals surface area (Å²) in [5.41, 5.74) is 12.8. The number of aromatic nitrogens is 6. The summed E-state index contributed by atoms with van der Waals surface area (Å²) in [6.45, 7) is 6.49. The third-order valence-electron chi connectivity index (χ3n) is 7.44. The molecular weight excluding hydrogens is 504 g/mol. The molecule has 1 saturated heterocycles. The first kappa shape index (κ1) is 25.3. The number of hydrogen-bond donors (Lipinski definition) is 1. The Hall–Kier alpha value is -4.95. The number of nitrogens with two attached hydrogens (primary N) is 1. The summed E-state index contributed by atoms with van der Waals surface area (Å²) in [5, 5.41) is 18.9. The summed E-state index contributed by atoms with van der Waals surface area (Å²) < 4.78 is 8.67. The fourth-order valence-corrected chi connectivity index (χ4v) is 5.12. The standard InChI is InChI=1S/C29H30N10O/c1-19-12-25(34-36(19)2)22-13-23(28-24(14-30)29(31)35-39(28)18-22)21-5-6-26(32-16-21)38-10-8-37(9-11-38)17-20-4-7-27(40-3)33-15-20/h4-7,12-13,15-16,18H,8-11,17H2,1-3H3,(H2,31,35). The van der Waals surface area contributed by atoms with E-state index in [1.54, 1.807) is 11.6 Å². The van der Waals surface area contributed by atoms with Gasteiger partial charge in [-0.15, -0.1) is 5.10 Å². The molecule has 0 amide bonds. The Bertz CT molecular complexity index is 1690. The number of methoxy groups -OCH3 is 1. The Labute approximate surface area is 232 Å². The maximum Gasteiger partial charge on any atom is 0.212 e. The predicted octanol–water partition coefficient (Wildman–Crippen LogP) is 3.28. The Balaban J connectivity index is 1.24. The molecule has 5 aromatic heterocycles. The van der Waals surface area contributed by atoms with E-state index in [1.807, 2.05) is 67.6 Å². The van der Waals surface area contributed by atoms with E-state index in [0.29, 0.717) is 17.0 Å². The average Bonchev–Trinajstić information content (AvgIpc) is 3.50. The number of piperazine rings is 1. The number of anilines is 2. The van der Waals surface area contributed by atoms with Gasteiger partial charge in [-0.2, -0.15) is 10.4 Å². The van der Waals surface area contributed by atoms with Gasteiger partial charge in [0.1, 0.15) is 17.5 Å². The quantitative estimate of drug-likeness (QED) is 0.349. The molecule has 0 bridgehead atoms. The molecule has 5 aromatic rings. The first-order chi connectivity index (χ1) is 19.4. The molecule has 0 radical (unpaired) electrons. The van der Waals surface area contributed by atoms with Crippen molar-refractivity contribution in [1.29, 1.82) is 5.26 Å². The molecule has 11 nitrogen and oxygen atoms in total. The minimum absolute atomic E-state index is 0.200. The van der Waals surface area contributed by atoms with E-state index < -0.39 is 0 Å². The zero-order chi connectivity index (χ0) is 27.8. The molecule has 202 valence electrons. The van der Waals surface area contributed by atoms with E-state index in [2.05, 4.69) is 37.1 Å². The van der Waals surface area contributed by atoms with Crippen LogP contribution >= 0.6 is 0 Å². The van der Waals surface area contributed by atoms with Crippen LogP contribution in [0, 0.1) is 18.3 Å². The van der Waals surface area contributed by atoms with Crippen molar-refractivity contribution in [3.05, 3.63) is 71.8 Å². The number of nitriles is 1. The second-order valence-electron chi connectivity index (χ2n) is 9.98.